The third kappa shape index (κ3) is 3.90. The van der Waals surface area contributed by atoms with Crippen molar-refractivity contribution in [3.63, 3.8) is 0 Å². The summed E-state index contributed by atoms with van der Waals surface area (Å²) in [6.45, 7) is 1.76. The van der Waals surface area contributed by atoms with Gasteiger partial charge in [-0.2, -0.15) is 0 Å². The minimum Gasteiger partial charge on any atom is -0.393 e. The van der Waals surface area contributed by atoms with E-state index in [1.54, 1.807) is 6.92 Å². The van der Waals surface area contributed by atoms with Crippen molar-refractivity contribution in [3.8, 4) is 24.2 Å². The van der Waals surface area contributed by atoms with Crippen LogP contribution in [0.15, 0.2) is 24.3 Å². The summed E-state index contributed by atoms with van der Waals surface area (Å²) in [6, 6.07) is 7.60. The van der Waals surface area contributed by atoms with E-state index in [0.29, 0.717) is 12.8 Å². The van der Waals surface area contributed by atoms with Gasteiger partial charge < -0.3 is 5.11 Å². The number of hydrogen-bond acceptors (Lipinski definition) is 1. The van der Waals surface area contributed by atoms with E-state index in [4.69, 9.17) is 11.5 Å². The monoisotopic (exact) mass is 198 g/mol. The summed E-state index contributed by atoms with van der Waals surface area (Å²) >= 11 is 0. The lowest BCUT2D eigenvalue weighted by Crippen LogP contribution is -1.97. The van der Waals surface area contributed by atoms with E-state index in [2.05, 4.69) is 17.8 Å². The Labute approximate surface area is 91.1 Å². The van der Waals surface area contributed by atoms with Gasteiger partial charge in [-0.3, -0.25) is 0 Å². The first-order valence-electron chi connectivity index (χ1n) is 4.96. The van der Waals surface area contributed by atoms with Crippen molar-refractivity contribution < 1.29 is 5.11 Å². The maximum absolute atomic E-state index is 9.05. The van der Waals surface area contributed by atoms with Crippen LogP contribution in [0.5, 0.6) is 0 Å². The second-order valence-electron chi connectivity index (χ2n) is 3.38. The summed E-state index contributed by atoms with van der Waals surface area (Å²) < 4.78 is 0. The molecule has 15 heavy (non-hydrogen) atoms. The molecular formula is C14H14O. The van der Waals surface area contributed by atoms with Gasteiger partial charge in [0.1, 0.15) is 0 Å². The fourth-order valence-electron chi connectivity index (χ4n) is 1.16. The highest BCUT2D eigenvalue weighted by Gasteiger charge is 1.94. The number of aliphatic hydroxyl groups excluding tert-OH is 1. The highest BCUT2D eigenvalue weighted by Crippen LogP contribution is 2.05. The average Bonchev–Trinajstić information content (AvgIpc) is 2.24. The molecule has 1 heteroatoms. The molecule has 0 aliphatic carbocycles. The highest BCUT2D eigenvalue weighted by molar-refractivity contribution is 5.48. The summed E-state index contributed by atoms with van der Waals surface area (Å²) in [4.78, 5) is 0. The van der Waals surface area contributed by atoms with Crippen molar-refractivity contribution in [3.05, 3.63) is 35.4 Å². The molecule has 1 nitrogen and oxygen atoms in total. The van der Waals surface area contributed by atoms with Crippen LogP contribution in [0.4, 0.5) is 0 Å². The molecule has 0 bridgehead atoms. The van der Waals surface area contributed by atoms with Crippen LogP contribution in [0.3, 0.4) is 0 Å². The molecule has 0 aliphatic heterocycles. The van der Waals surface area contributed by atoms with Crippen molar-refractivity contribution in [1.82, 2.24) is 0 Å². The number of hydrogen-bond donors (Lipinski definition) is 1. The van der Waals surface area contributed by atoms with Crippen molar-refractivity contribution in [1.29, 1.82) is 0 Å². The van der Waals surface area contributed by atoms with Gasteiger partial charge in [0.05, 0.1) is 6.10 Å². The number of rotatable bonds is 2. The summed E-state index contributed by atoms with van der Waals surface area (Å²) in [5.41, 5.74) is 1.70. The first-order chi connectivity index (χ1) is 7.24. The van der Waals surface area contributed by atoms with Crippen LogP contribution in [0.1, 0.15) is 30.9 Å². The van der Waals surface area contributed by atoms with Crippen LogP contribution in [0, 0.1) is 24.2 Å². The van der Waals surface area contributed by atoms with E-state index in [9.17, 15) is 0 Å². The molecule has 0 amide bonds. The number of aliphatic hydroxyl groups is 1. The number of terminal acetylenes is 1. The molecule has 0 saturated carbocycles. The fraction of sp³-hybridized carbons (Fsp3) is 0.286. The van der Waals surface area contributed by atoms with Gasteiger partial charge in [0.2, 0.25) is 0 Å². The van der Waals surface area contributed by atoms with E-state index in [1.165, 1.54) is 0 Å². The SMILES string of the molecule is C#Cc1ccccc1C#CCCC(C)O. The predicted molar refractivity (Wildman–Crippen MR) is 62.2 cm³/mol. The molecule has 0 spiro atoms. The van der Waals surface area contributed by atoms with Crippen LogP contribution in [-0.2, 0) is 0 Å². The standard InChI is InChI=1S/C14H14O/c1-3-13-9-6-7-11-14(13)10-5-4-8-12(2)15/h1,6-7,9,11-12,15H,4,8H2,2H3. The minimum absolute atomic E-state index is 0.290. The minimum atomic E-state index is -0.290. The van der Waals surface area contributed by atoms with Gasteiger partial charge in [-0.15, -0.1) is 6.42 Å². The van der Waals surface area contributed by atoms with Gasteiger partial charge in [-0.1, -0.05) is 29.9 Å². The van der Waals surface area contributed by atoms with Crippen LogP contribution < -0.4 is 0 Å². The Morgan fingerprint density at radius 2 is 2.00 bits per heavy atom. The number of benzene rings is 1. The van der Waals surface area contributed by atoms with Crippen molar-refractivity contribution >= 4 is 0 Å². The molecular weight excluding hydrogens is 184 g/mol. The molecule has 0 saturated heterocycles. The summed E-state index contributed by atoms with van der Waals surface area (Å²) in [7, 11) is 0. The van der Waals surface area contributed by atoms with Gasteiger partial charge >= 0.3 is 0 Å². The molecule has 0 aromatic heterocycles. The highest BCUT2D eigenvalue weighted by atomic mass is 16.3. The van der Waals surface area contributed by atoms with E-state index >= 15 is 0 Å². The Morgan fingerprint density at radius 1 is 1.33 bits per heavy atom. The van der Waals surface area contributed by atoms with Gasteiger partial charge in [0, 0.05) is 17.5 Å². The Hall–Kier alpha value is -1.70. The Kier molecular flexibility index (Phi) is 4.48. The lowest BCUT2D eigenvalue weighted by molar-refractivity contribution is 0.186. The molecule has 1 aromatic rings. The fourth-order valence-corrected chi connectivity index (χ4v) is 1.16. The third-order valence-electron chi connectivity index (χ3n) is 1.99. The predicted octanol–water partition coefficient (Wildman–Crippen LogP) is 2.18. The van der Waals surface area contributed by atoms with E-state index < -0.39 is 0 Å². The van der Waals surface area contributed by atoms with E-state index in [0.717, 1.165) is 11.1 Å². The van der Waals surface area contributed by atoms with Gasteiger partial charge in [-0.25, -0.2) is 0 Å². The Bertz CT molecular complexity index is 413. The summed E-state index contributed by atoms with van der Waals surface area (Å²) in [5, 5.41) is 9.05. The average molecular weight is 198 g/mol. The van der Waals surface area contributed by atoms with Crippen molar-refractivity contribution in [2.24, 2.45) is 0 Å². The topological polar surface area (TPSA) is 20.2 Å². The van der Waals surface area contributed by atoms with Crippen molar-refractivity contribution in [2.75, 3.05) is 0 Å². The van der Waals surface area contributed by atoms with Gasteiger partial charge in [-0.05, 0) is 25.5 Å². The van der Waals surface area contributed by atoms with Crippen molar-refractivity contribution in [2.45, 2.75) is 25.9 Å². The second-order valence-corrected chi connectivity index (χ2v) is 3.38. The second kappa shape index (κ2) is 5.91. The van der Waals surface area contributed by atoms with Crippen LogP contribution in [0.25, 0.3) is 0 Å². The van der Waals surface area contributed by atoms with E-state index in [-0.39, 0.29) is 6.10 Å². The molecule has 76 valence electrons. The van der Waals surface area contributed by atoms with Gasteiger partial charge in [0.15, 0.2) is 0 Å². The molecule has 1 atom stereocenters. The lowest BCUT2D eigenvalue weighted by atomic mass is 10.1. The quantitative estimate of drug-likeness (QED) is 0.722. The molecule has 1 N–H and O–H groups in total. The molecule has 0 fully saturated rings. The van der Waals surface area contributed by atoms with Crippen LogP contribution in [0.2, 0.25) is 0 Å². The first kappa shape index (κ1) is 11.4. The first-order valence-corrected chi connectivity index (χ1v) is 4.96. The molecule has 0 heterocycles. The molecule has 1 unspecified atom stereocenters. The maximum atomic E-state index is 9.05. The van der Waals surface area contributed by atoms with Crippen LogP contribution >= 0.6 is 0 Å². The maximum Gasteiger partial charge on any atom is 0.0521 e. The Morgan fingerprint density at radius 3 is 2.60 bits per heavy atom. The zero-order valence-corrected chi connectivity index (χ0v) is 8.83. The summed E-state index contributed by atoms with van der Waals surface area (Å²) in [6.07, 6.45) is 6.45. The molecule has 1 rings (SSSR count). The molecule has 0 radical (unpaired) electrons. The molecule has 1 aromatic carbocycles. The zero-order chi connectivity index (χ0) is 11.1. The molecule has 0 aliphatic rings. The van der Waals surface area contributed by atoms with Crippen LogP contribution in [-0.4, -0.2) is 11.2 Å². The van der Waals surface area contributed by atoms with E-state index in [1.807, 2.05) is 24.3 Å². The largest absolute Gasteiger partial charge is 0.393 e. The smallest absolute Gasteiger partial charge is 0.0521 e. The zero-order valence-electron chi connectivity index (χ0n) is 8.83. The summed E-state index contributed by atoms with van der Waals surface area (Å²) in [5.74, 6) is 8.61. The normalized spacial score (nSPS) is 11.0. The lowest BCUT2D eigenvalue weighted by Gasteiger charge is -1.97. The van der Waals surface area contributed by atoms with Gasteiger partial charge in [0.25, 0.3) is 0 Å². The Balaban J connectivity index is 2.68. The third-order valence-corrected chi connectivity index (χ3v) is 1.99.